The summed E-state index contributed by atoms with van der Waals surface area (Å²) in [4.78, 5) is 12.7. The molecule has 0 unspecified atom stereocenters. The number of hydrogen-bond acceptors (Lipinski definition) is 6. The molecule has 0 fully saturated rings. The molecule has 0 saturated carbocycles. The second kappa shape index (κ2) is 10.9. The molecule has 0 spiro atoms. The molecular formula is C26H26N4O3S. The van der Waals surface area contributed by atoms with Crippen molar-refractivity contribution in [2.75, 3.05) is 24.8 Å². The second-order valence-corrected chi connectivity index (χ2v) is 8.42. The molecule has 0 radical (unpaired) electrons. The maximum atomic E-state index is 12.7. The van der Waals surface area contributed by atoms with E-state index in [2.05, 4.69) is 21.6 Å². The minimum atomic E-state index is -0.159. The van der Waals surface area contributed by atoms with Gasteiger partial charge in [-0.3, -0.25) is 9.36 Å². The maximum Gasteiger partial charge on any atom is 0.234 e. The molecule has 0 saturated heterocycles. The van der Waals surface area contributed by atoms with E-state index >= 15 is 0 Å². The molecule has 3 aromatic carbocycles. The predicted octanol–water partition coefficient (Wildman–Crippen LogP) is 5.38. The largest absolute Gasteiger partial charge is 0.495 e. The number of methoxy groups -OCH3 is 1. The van der Waals surface area contributed by atoms with Gasteiger partial charge in [-0.1, -0.05) is 47.7 Å². The molecular weight excluding hydrogens is 448 g/mol. The minimum Gasteiger partial charge on any atom is -0.495 e. The lowest BCUT2D eigenvalue weighted by Gasteiger charge is -2.12. The lowest BCUT2D eigenvalue weighted by Crippen LogP contribution is -2.15. The number of rotatable bonds is 9. The molecule has 4 rings (SSSR count). The lowest BCUT2D eigenvalue weighted by molar-refractivity contribution is -0.113. The normalized spacial score (nSPS) is 10.7. The van der Waals surface area contributed by atoms with Crippen molar-refractivity contribution in [1.29, 1.82) is 0 Å². The van der Waals surface area contributed by atoms with E-state index in [4.69, 9.17) is 9.47 Å². The van der Waals surface area contributed by atoms with Crippen LogP contribution in [-0.2, 0) is 4.79 Å². The van der Waals surface area contributed by atoms with Gasteiger partial charge in [0.15, 0.2) is 11.0 Å². The Bertz CT molecular complexity index is 1270. The third-order valence-electron chi connectivity index (χ3n) is 5.03. The predicted molar refractivity (Wildman–Crippen MR) is 135 cm³/mol. The van der Waals surface area contributed by atoms with E-state index < -0.39 is 0 Å². The first kappa shape index (κ1) is 23.4. The van der Waals surface area contributed by atoms with E-state index in [0.717, 1.165) is 22.6 Å². The zero-order chi connectivity index (χ0) is 23.9. The summed E-state index contributed by atoms with van der Waals surface area (Å²) in [7, 11) is 1.58. The summed E-state index contributed by atoms with van der Waals surface area (Å²) in [5.74, 6) is 2.12. The van der Waals surface area contributed by atoms with E-state index in [1.54, 1.807) is 19.2 Å². The number of para-hydroxylation sites is 2. The quantitative estimate of drug-likeness (QED) is 0.328. The molecule has 0 aliphatic carbocycles. The fourth-order valence-corrected chi connectivity index (χ4v) is 4.24. The van der Waals surface area contributed by atoms with Gasteiger partial charge < -0.3 is 14.8 Å². The van der Waals surface area contributed by atoms with E-state index in [1.807, 2.05) is 73.0 Å². The van der Waals surface area contributed by atoms with Crippen LogP contribution in [0.15, 0.2) is 78.0 Å². The Kier molecular flexibility index (Phi) is 7.49. The molecule has 1 aromatic heterocycles. The number of amides is 1. The number of thioether (sulfide) groups is 1. The van der Waals surface area contributed by atoms with Crippen LogP contribution in [-0.4, -0.2) is 40.1 Å². The number of anilines is 1. The molecule has 1 amide bonds. The fourth-order valence-electron chi connectivity index (χ4n) is 3.49. The first-order valence-corrected chi connectivity index (χ1v) is 11.9. The summed E-state index contributed by atoms with van der Waals surface area (Å²) in [6, 6.07) is 23.2. The Balaban J connectivity index is 1.61. The first-order valence-electron chi connectivity index (χ1n) is 10.9. The highest BCUT2D eigenvalue weighted by Crippen LogP contribution is 2.30. The number of carbonyl (C=O) groups excluding carboxylic acids is 1. The van der Waals surface area contributed by atoms with Crippen LogP contribution in [0.3, 0.4) is 0 Å². The molecule has 0 atom stereocenters. The highest BCUT2D eigenvalue weighted by molar-refractivity contribution is 7.99. The molecule has 4 aromatic rings. The van der Waals surface area contributed by atoms with Crippen molar-refractivity contribution >= 4 is 23.4 Å². The smallest absolute Gasteiger partial charge is 0.234 e. The van der Waals surface area contributed by atoms with Gasteiger partial charge >= 0.3 is 0 Å². The fraction of sp³-hybridized carbons (Fsp3) is 0.192. The number of aromatic nitrogens is 3. The van der Waals surface area contributed by atoms with Crippen LogP contribution in [0, 0.1) is 6.92 Å². The Labute approximate surface area is 203 Å². The van der Waals surface area contributed by atoms with Crippen molar-refractivity contribution < 1.29 is 14.3 Å². The van der Waals surface area contributed by atoms with Crippen LogP contribution in [0.4, 0.5) is 5.69 Å². The van der Waals surface area contributed by atoms with Gasteiger partial charge in [0.2, 0.25) is 5.91 Å². The first-order chi connectivity index (χ1) is 16.6. The van der Waals surface area contributed by atoms with Crippen LogP contribution < -0.4 is 14.8 Å². The van der Waals surface area contributed by atoms with E-state index in [-0.39, 0.29) is 11.7 Å². The topological polar surface area (TPSA) is 78.3 Å². The number of carbonyl (C=O) groups is 1. The van der Waals surface area contributed by atoms with Crippen LogP contribution in [0.25, 0.3) is 17.1 Å². The Morgan fingerprint density at radius 2 is 1.82 bits per heavy atom. The summed E-state index contributed by atoms with van der Waals surface area (Å²) < 4.78 is 12.9. The van der Waals surface area contributed by atoms with Crippen LogP contribution in [0.2, 0.25) is 0 Å². The summed E-state index contributed by atoms with van der Waals surface area (Å²) in [6.45, 7) is 4.59. The summed E-state index contributed by atoms with van der Waals surface area (Å²) >= 11 is 1.32. The van der Waals surface area contributed by atoms with Gasteiger partial charge in [-0.25, -0.2) is 0 Å². The van der Waals surface area contributed by atoms with Crippen molar-refractivity contribution in [3.8, 4) is 28.6 Å². The van der Waals surface area contributed by atoms with Crippen molar-refractivity contribution in [3.63, 3.8) is 0 Å². The molecule has 34 heavy (non-hydrogen) atoms. The van der Waals surface area contributed by atoms with Crippen molar-refractivity contribution in [2.24, 2.45) is 0 Å². The number of nitrogens with one attached hydrogen (secondary N) is 1. The van der Waals surface area contributed by atoms with Gasteiger partial charge in [0.25, 0.3) is 0 Å². The lowest BCUT2D eigenvalue weighted by atomic mass is 10.1. The average Bonchev–Trinajstić information content (AvgIpc) is 3.28. The molecule has 1 N–H and O–H groups in total. The standard InChI is InChI=1S/C26H26N4O3S/c1-4-33-21-14-12-20(13-15-21)30-25(19-9-7-8-18(2)16-19)28-29-26(30)34-17-24(31)27-22-10-5-6-11-23(22)32-3/h5-16H,4,17H2,1-3H3,(H,27,31). The summed E-state index contributed by atoms with van der Waals surface area (Å²) in [5, 5.41) is 12.4. The van der Waals surface area contributed by atoms with Crippen molar-refractivity contribution in [1.82, 2.24) is 14.8 Å². The van der Waals surface area contributed by atoms with E-state index in [0.29, 0.717) is 29.0 Å². The third-order valence-corrected chi connectivity index (χ3v) is 5.96. The number of hydrogen-bond donors (Lipinski definition) is 1. The molecule has 0 aliphatic rings. The van der Waals surface area contributed by atoms with Gasteiger partial charge in [0.05, 0.1) is 25.2 Å². The highest BCUT2D eigenvalue weighted by atomic mass is 32.2. The Hall–Kier alpha value is -3.78. The van der Waals surface area contributed by atoms with E-state index in [1.165, 1.54) is 11.8 Å². The van der Waals surface area contributed by atoms with E-state index in [9.17, 15) is 4.79 Å². The molecule has 0 aliphatic heterocycles. The second-order valence-electron chi connectivity index (χ2n) is 7.48. The van der Waals surface area contributed by atoms with Gasteiger partial charge in [0.1, 0.15) is 11.5 Å². The summed E-state index contributed by atoms with van der Waals surface area (Å²) in [5.41, 5.74) is 3.59. The SMILES string of the molecule is CCOc1ccc(-n2c(SCC(=O)Nc3ccccc3OC)nnc2-c2cccc(C)c2)cc1. The van der Waals surface area contributed by atoms with Gasteiger partial charge in [-0.05, 0) is 56.3 Å². The average molecular weight is 475 g/mol. The van der Waals surface area contributed by atoms with Gasteiger partial charge in [-0.15, -0.1) is 10.2 Å². The minimum absolute atomic E-state index is 0.159. The van der Waals surface area contributed by atoms with Gasteiger partial charge in [-0.2, -0.15) is 0 Å². The highest BCUT2D eigenvalue weighted by Gasteiger charge is 2.18. The molecule has 8 heteroatoms. The van der Waals surface area contributed by atoms with Crippen LogP contribution in [0.1, 0.15) is 12.5 Å². The number of nitrogens with zero attached hydrogens (tertiary/aromatic N) is 3. The van der Waals surface area contributed by atoms with Crippen LogP contribution in [0.5, 0.6) is 11.5 Å². The Morgan fingerprint density at radius 1 is 1.03 bits per heavy atom. The monoisotopic (exact) mass is 474 g/mol. The zero-order valence-corrected chi connectivity index (χ0v) is 20.1. The zero-order valence-electron chi connectivity index (χ0n) is 19.3. The third kappa shape index (κ3) is 5.40. The molecule has 174 valence electrons. The molecule has 0 bridgehead atoms. The number of ether oxygens (including phenoxy) is 2. The maximum absolute atomic E-state index is 12.7. The summed E-state index contributed by atoms with van der Waals surface area (Å²) in [6.07, 6.45) is 0. The number of aryl methyl sites for hydroxylation is 1. The van der Waals surface area contributed by atoms with Crippen molar-refractivity contribution in [3.05, 3.63) is 78.4 Å². The van der Waals surface area contributed by atoms with Crippen molar-refractivity contribution in [2.45, 2.75) is 19.0 Å². The molecule has 1 heterocycles. The van der Waals surface area contributed by atoms with Gasteiger partial charge in [0, 0.05) is 11.3 Å². The van der Waals surface area contributed by atoms with Crippen LogP contribution >= 0.6 is 11.8 Å². The Morgan fingerprint density at radius 3 is 2.56 bits per heavy atom. The molecule has 7 nitrogen and oxygen atoms in total. The number of benzene rings is 3.